The van der Waals surface area contributed by atoms with Crippen molar-refractivity contribution in [3.63, 3.8) is 0 Å². The number of benzene rings is 1. The van der Waals surface area contributed by atoms with Gasteiger partial charge in [-0.1, -0.05) is 17.7 Å². The van der Waals surface area contributed by atoms with E-state index in [-0.39, 0.29) is 5.91 Å². The van der Waals surface area contributed by atoms with Crippen LogP contribution in [0.4, 0.5) is 0 Å². The molecule has 1 amide bonds. The fourth-order valence-corrected chi connectivity index (χ4v) is 4.35. The van der Waals surface area contributed by atoms with Gasteiger partial charge in [-0.15, -0.1) is 0 Å². The van der Waals surface area contributed by atoms with Crippen molar-refractivity contribution in [2.75, 3.05) is 6.54 Å². The first-order chi connectivity index (χ1) is 14.0. The van der Waals surface area contributed by atoms with Crippen LogP contribution in [0.3, 0.4) is 0 Å². The van der Waals surface area contributed by atoms with Crippen LogP contribution in [0.2, 0.25) is 0 Å². The lowest BCUT2D eigenvalue weighted by Gasteiger charge is -2.28. The largest absolute Gasteiger partial charge is 0.334 e. The standard InChI is InChI=1S/C23H27N5O/c1-15-5-4-6-18(11-15)23(29)27-10-9-20-19(14-27)21(25-26(20)3)22-24-12-16(2)28(22)13-17-7-8-17/h4-6,11-12,17H,7-10,13-14H2,1-3H3. The van der Waals surface area contributed by atoms with E-state index in [1.807, 2.05) is 54.0 Å². The van der Waals surface area contributed by atoms with Crippen LogP contribution in [0.5, 0.6) is 0 Å². The van der Waals surface area contributed by atoms with Crippen molar-refractivity contribution in [3.05, 3.63) is 58.5 Å². The maximum Gasteiger partial charge on any atom is 0.254 e. The van der Waals surface area contributed by atoms with Crippen molar-refractivity contribution in [2.24, 2.45) is 13.0 Å². The predicted molar refractivity (Wildman–Crippen MR) is 112 cm³/mol. The lowest BCUT2D eigenvalue weighted by Crippen LogP contribution is -2.36. The van der Waals surface area contributed by atoms with E-state index in [0.717, 1.165) is 47.1 Å². The molecule has 0 bridgehead atoms. The number of aromatic nitrogens is 4. The third kappa shape index (κ3) is 3.26. The van der Waals surface area contributed by atoms with Crippen LogP contribution in [0, 0.1) is 19.8 Å². The Kier molecular flexibility index (Phi) is 4.30. The topological polar surface area (TPSA) is 56.0 Å². The summed E-state index contributed by atoms with van der Waals surface area (Å²) in [7, 11) is 2.00. The Labute approximate surface area is 171 Å². The average molecular weight is 390 g/mol. The van der Waals surface area contributed by atoms with Gasteiger partial charge in [-0.25, -0.2) is 4.98 Å². The molecular formula is C23H27N5O. The van der Waals surface area contributed by atoms with Crippen LogP contribution >= 0.6 is 0 Å². The molecule has 6 nitrogen and oxygen atoms in total. The molecule has 2 aromatic heterocycles. The first kappa shape index (κ1) is 18.2. The lowest BCUT2D eigenvalue weighted by molar-refractivity contribution is 0.0733. The molecule has 0 saturated heterocycles. The molecule has 1 fully saturated rings. The second-order valence-electron chi connectivity index (χ2n) is 8.52. The summed E-state index contributed by atoms with van der Waals surface area (Å²) in [6, 6.07) is 7.84. The number of rotatable bonds is 4. The highest BCUT2D eigenvalue weighted by molar-refractivity contribution is 5.94. The number of hydrogen-bond donors (Lipinski definition) is 0. The van der Waals surface area contributed by atoms with Crippen LogP contribution in [0.15, 0.2) is 30.5 Å². The number of carbonyl (C=O) groups is 1. The molecule has 29 heavy (non-hydrogen) atoms. The fourth-order valence-electron chi connectivity index (χ4n) is 4.35. The summed E-state index contributed by atoms with van der Waals surface area (Å²) in [5.74, 6) is 1.79. The first-order valence-corrected chi connectivity index (χ1v) is 10.4. The van der Waals surface area contributed by atoms with Gasteiger partial charge in [0.15, 0.2) is 5.82 Å². The maximum absolute atomic E-state index is 13.1. The Balaban J connectivity index is 1.49. The van der Waals surface area contributed by atoms with Crippen molar-refractivity contribution in [1.82, 2.24) is 24.2 Å². The van der Waals surface area contributed by atoms with Gasteiger partial charge in [0, 0.05) is 55.3 Å². The van der Waals surface area contributed by atoms with E-state index in [1.165, 1.54) is 24.2 Å². The van der Waals surface area contributed by atoms with Crippen molar-refractivity contribution in [3.8, 4) is 11.5 Å². The van der Waals surface area contributed by atoms with Gasteiger partial charge in [0.2, 0.25) is 0 Å². The molecule has 0 unspecified atom stereocenters. The molecule has 150 valence electrons. The van der Waals surface area contributed by atoms with Crippen LogP contribution in [0.25, 0.3) is 11.5 Å². The summed E-state index contributed by atoms with van der Waals surface area (Å²) in [6.45, 7) is 6.45. The Morgan fingerprint density at radius 3 is 2.83 bits per heavy atom. The van der Waals surface area contributed by atoms with Gasteiger partial charge >= 0.3 is 0 Å². The highest BCUT2D eigenvalue weighted by Gasteiger charge is 2.31. The highest BCUT2D eigenvalue weighted by Crippen LogP contribution is 2.35. The Morgan fingerprint density at radius 1 is 1.24 bits per heavy atom. The molecule has 1 aromatic carbocycles. The molecular weight excluding hydrogens is 362 g/mol. The minimum Gasteiger partial charge on any atom is -0.334 e. The lowest BCUT2D eigenvalue weighted by atomic mass is 10.0. The molecule has 0 spiro atoms. The van der Waals surface area contributed by atoms with Crippen LogP contribution < -0.4 is 0 Å². The molecule has 0 radical (unpaired) electrons. The van der Waals surface area contributed by atoms with Gasteiger partial charge in [0.1, 0.15) is 5.69 Å². The van der Waals surface area contributed by atoms with Gasteiger partial charge in [0.25, 0.3) is 5.91 Å². The summed E-state index contributed by atoms with van der Waals surface area (Å²) in [6.07, 6.45) is 5.36. The van der Waals surface area contributed by atoms with E-state index in [0.29, 0.717) is 13.1 Å². The summed E-state index contributed by atoms with van der Waals surface area (Å²) in [4.78, 5) is 19.8. The zero-order valence-corrected chi connectivity index (χ0v) is 17.4. The minimum atomic E-state index is 0.0895. The number of fused-ring (bicyclic) bond motifs is 1. The molecule has 0 atom stereocenters. The van der Waals surface area contributed by atoms with Crippen LogP contribution in [-0.4, -0.2) is 36.7 Å². The van der Waals surface area contributed by atoms with E-state index in [4.69, 9.17) is 10.1 Å². The third-order valence-electron chi connectivity index (χ3n) is 6.20. The zero-order valence-electron chi connectivity index (χ0n) is 17.4. The molecule has 1 aliphatic heterocycles. The third-order valence-corrected chi connectivity index (χ3v) is 6.20. The van der Waals surface area contributed by atoms with E-state index < -0.39 is 0 Å². The monoisotopic (exact) mass is 389 g/mol. The van der Waals surface area contributed by atoms with Crippen LogP contribution in [-0.2, 0) is 26.6 Å². The number of aryl methyl sites for hydroxylation is 3. The van der Waals surface area contributed by atoms with Crippen molar-refractivity contribution in [2.45, 2.75) is 46.2 Å². The molecule has 6 heteroatoms. The summed E-state index contributed by atoms with van der Waals surface area (Å²) in [5, 5.41) is 4.84. The summed E-state index contributed by atoms with van der Waals surface area (Å²) >= 11 is 0. The molecule has 3 aromatic rings. The van der Waals surface area contributed by atoms with Gasteiger partial charge in [-0.05, 0) is 44.7 Å². The molecule has 0 N–H and O–H groups in total. The quantitative estimate of drug-likeness (QED) is 0.686. The Bertz CT molecular complexity index is 1090. The first-order valence-electron chi connectivity index (χ1n) is 10.4. The van der Waals surface area contributed by atoms with Gasteiger partial charge < -0.3 is 9.47 Å². The van der Waals surface area contributed by atoms with Gasteiger partial charge in [0.05, 0.1) is 6.54 Å². The number of carbonyl (C=O) groups excluding carboxylic acids is 1. The van der Waals surface area contributed by atoms with Crippen molar-refractivity contribution in [1.29, 1.82) is 0 Å². The van der Waals surface area contributed by atoms with Crippen LogP contribution in [0.1, 0.15) is 45.7 Å². The van der Waals surface area contributed by atoms with E-state index in [2.05, 4.69) is 11.5 Å². The summed E-state index contributed by atoms with van der Waals surface area (Å²) in [5.41, 5.74) is 6.32. The number of hydrogen-bond acceptors (Lipinski definition) is 3. The molecule has 1 aliphatic carbocycles. The number of imidazole rings is 1. The summed E-state index contributed by atoms with van der Waals surface area (Å²) < 4.78 is 4.28. The smallest absolute Gasteiger partial charge is 0.254 e. The maximum atomic E-state index is 13.1. The van der Waals surface area contributed by atoms with Crippen molar-refractivity contribution < 1.29 is 4.79 Å². The molecule has 3 heterocycles. The number of nitrogens with zero attached hydrogens (tertiary/aromatic N) is 5. The van der Waals surface area contributed by atoms with E-state index in [1.54, 1.807) is 0 Å². The van der Waals surface area contributed by atoms with Gasteiger partial charge in [-0.3, -0.25) is 9.48 Å². The second-order valence-corrected chi connectivity index (χ2v) is 8.52. The SMILES string of the molecule is Cc1cccc(C(=O)N2CCc3c(c(-c4ncc(C)n4CC4CC4)nn3C)C2)c1. The number of amides is 1. The normalized spacial score (nSPS) is 16.2. The Morgan fingerprint density at radius 2 is 2.07 bits per heavy atom. The molecule has 2 aliphatic rings. The Hall–Kier alpha value is -2.89. The second kappa shape index (κ2) is 6.87. The van der Waals surface area contributed by atoms with Gasteiger partial charge in [-0.2, -0.15) is 5.10 Å². The predicted octanol–water partition coefficient (Wildman–Crippen LogP) is 3.51. The molecule has 5 rings (SSSR count). The van der Waals surface area contributed by atoms with Crippen molar-refractivity contribution >= 4 is 5.91 Å². The van der Waals surface area contributed by atoms with E-state index >= 15 is 0 Å². The fraction of sp³-hybridized carbons (Fsp3) is 0.435. The minimum absolute atomic E-state index is 0.0895. The highest BCUT2D eigenvalue weighted by atomic mass is 16.2. The zero-order chi connectivity index (χ0) is 20.1. The van der Waals surface area contributed by atoms with E-state index in [9.17, 15) is 4.79 Å². The average Bonchev–Trinajstić information content (AvgIpc) is 3.39. The molecule has 1 saturated carbocycles.